The van der Waals surface area contributed by atoms with Gasteiger partial charge >= 0.3 is 11.9 Å². The van der Waals surface area contributed by atoms with E-state index in [2.05, 4.69) is 16.0 Å². The smallest absolute Gasteiger partial charge is 0.326 e. The molecule has 0 aromatic rings. The average molecular weight is 492 g/mol. The van der Waals surface area contributed by atoms with Gasteiger partial charge in [0.15, 0.2) is 0 Å². The quantitative estimate of drug-likeness (QED) is 0.121. The number of rotatable bonds is 17. The van der Waals surface area contributed by atoms with Crippen molar-refractivity contribution in [2.24, 2.45) is 17.4 Å². The molecule has 0 fully saturated rings. The summed E-state index contributed by atoms with van der Waals surface area (Å²) in [6.45, 7) is 3.95. The summed E-state index contributed by atoms with van der Waals surface area (Å²) in [4.78, 5) is 60.2. The summed E-state index contributed by atoms with van der Waals surface area (Å²) in [6.07, 6.45) is 2.61. The molecular weight excluding hydrogens is 454 g/mol. The maximum absolute atomic E-state index is 12.9. The Hall–Kier alpha value is -2.38. The van der Waals surface area contributed by atoms with Crippen molar-refractivity contribution in [3.63, 3.8) is 0 Å². The Bertz CT molecular complexity index is 677. The van der Waals surface area contributed by atoms with Crippen molar-refractivity contribution in [1.29, 1.82) is 0 Å². The highest BCUT2D eigenvalue weighted by Gasteiger charge is 2.31. The van der Waals surface area contributed by atoms with Gasteiger partial charge in [-0.05, 0) is 50.2 Å². The molecule has 12 nitrogen and oxygen atoms in total. The van der Waals surface area contributed by atoms with Crippen molar-refractivity contribution in [1.82, 2.24) is 16.0 Å². The van der Waals surface area contributed by atoms with Crippen molar-refractivity contribution in [2.45, 2.75) is 70.1 Å². The summed E-state index contributed by atoms with van der Waals surface area (Å²) < 4.78 is 0. The number of amides is 3. The normalized spacial score (nSPS) is 14.6. The number of carbonyl (C=O) groups is 5. The molecule has 0 aliphatic heterocycles. The van der Waals surface area contributed by atoms with Crippen LogP contribution in [0.5, 0.6) is 0 Å². The lowest BCUT2D eigenvalue weighted by atomic mass is 10.0. The van der Waals surface area contributed by atoms with Crippen LogP contribution in [0.15, 0.2) is 0 Å². The second-order valence-corrected chi connectivity index (χ2v) is 8.94. The van der Waals surface area contributed by atoms with Gasteiger partial charge in [-0.3, -0.25) is 19.2 Å². The van der Waals surface area contributed by atoms with Gasteiger partial charge in [0.25, 0.3) is 0 Å². The summed E-state index contributed by atoms with van der Waals surface area (Å²) in [6, 6.07) is -4.55. The van der Waals surface area contributed by atoms with Gasteiger partial charge in [-0.2, -0.15) is 11.8 Å². The standard InChI is InChI=1S/C20H37N5O7S/c1-11(2)16(22)19(30)24-12(6-4-5-8-21)17(28)23-13(7-9-33-3)18(29)25-14(20(31)32)10-15(26)27/h11-14,16H,4-10,21-22H2,1-3H3,(H,23,28)(H,24,30)(H,25,29)(H,26,27)(H,31,32). The highest BCUT2D eigenvalue weighted by atomic mass is 32.2. The largest absolute Gasteiger partial charge is 0.481 e. The van der Waals surface area contributed by atoms with Crippen LogP contribution in [0.1, 0.15) is 46.0 Å². The fourth-order valence-electron chi connectivity index (χ4n) is 2.76. The maximum atomic E-state index is 12.9. The van der Waals surface area contributed by atoms with Crippen LogP contribution in [-0.2, 0) is 24.0 Å². The van der Waals surface area contributed by atoms with Crippen LogP contribution in [0.3, 0.4) is 0 Å². The Kier molecular flexibility index (Phi) is 15.1. The fourth-order valence-corrected chi connectivity index (χ4v) is 3.23. The summed E-state index contributed by atoms with van der Waals surface area (Å²) in [5.41, 5.74) is 11.4. The molecule has 0 aromatic heterocycles. The predicted molar refractivity (Wildman–Crippen MR) is 124 cm³/mol. The molecule has 9 N–H and O–H groups in total. The first kappa shape index (κ1) is 30.6. The highest BCUT2D eigenvalue weighted by molar-refractivity contribution is 7.98. The molecule has 0 rings (SSSR count). The number of carboxylic acid groups (broad SMARTS) is 2. The van der Waals surface area contributed by atoms with E-state index in [1.165, 1.54) is 11.8 Å². The number of carboxylic acids is 2. The van der Waals surface area contributed by atoms with Crippen LogP contribution < -0.4 is 27.4 Å². The molecule has 3 amide bonds. The zero-order valence-corrected chi connectivity index (χ0v) is 20.2. The topological polar surface area (TPSA) is 214 Å². The van der Waals surface area contributed by atoms with Gasteiger partial charge in [0.05, 0.1) is 12.5 Å². The zero-order valence-electron chi connectivity index (χ0n) is 19.3. The number of unbranched alkanes of at least 4 members (excludes halogenated alkanes) is 1. The van der Waals surface area contributed by atoms with E-state index < -0.39 is 60.2 Å². The van der Waals surface area contributed by atoms with E-state index in [1.807, 2.05) is 0 Å². The second-order valence-electron chi connectivity index (χ2n) is 7.96. The van der Waals surface area contributed by atoms with Crippen LogP contribution in [0, 0.1) is 5.92 Å². The Morgan fingerprint density at radius 2 is 1.36 bits per heavy atom. The molecule has 0 bridgehead atoms. The van der Waals surface area contributed by atoms with Crippen molar-refractivity contribution >= 4 is 41.4 Å². The third-order valence-electron chi connectivity index (χ3n) is 4.84. The van der Waals surface area contributed by atoms with E-state index in [1.54, 1.807) is 20.1 Å². The van der Waals surface area contributed by atoms with Crippen LogP contribution in [0.2, 0.25) is 0 Å². The highest BCUT2D eigenvalue weighted by Crippen LogP contribution is 2.07. The van der Waals surface area contributed by atoms with Crippen LogP contribution in [0.25, 0.3) is 0 Å². The van der Waals surface area contributed by atoms with Gasteiger partial charge < -0.3 is 37.6 Å². The minimum absolute atomic E-state index is 0.153. The number of hydrogen-bond donors (Lipinski definition) is 7. The van der Waals surface area contributed by atoms with Gasteiger partial charge in [-0.1, -0.05) is 13.8 Å². The molecular formula is C20H37N5O7S. The Morgan fingerprint density at radius 1 is 0.848 bits per heavy atom. The van der Waals surface area contributed by atoms with Gasteiger partial charge in [0, 0.05) is 0 Å². The summed E-state index contributed by atoms with van der Waals surface area (Å²) in [5, 5.41) is 25.4. The van der Waals surface area contributed by atoms with Crippen molar-refractivity contribution < 1.29 is 34.2 Å². The fraction of sp³-hybridized carbons (Fsp3) is 0.750. The molecule has 13 heteroatoms. The average Bonchev–Trinajstić information content (AvgIpc) is 2.73. The summed E-state index contributed by atoms with van der Waals surface area (Å²) in [5.74, 6) is -4.53. The monoisotopic (exact) mass is 491 g/mol. The van der Waals surface area contributed by atoms with Gasteiger partial charge in [0.1, 0.15) is 18.1 Å². The number of hydrogen-bond acceptors (Lipinski definition) is 8. The summed E-state index contributed by atoms with van der Waals surface area (Å²) >= 11 is 1.41. The molecule has 0 aromatic carbocycles. The molecule has 0 saturated heterocycles. The number of aliphatic carboxylic acids is 2. The van der Waals surface area contributed by atoms with Crippen LogP contribution in [-0.4, -0.2) is 82.6 Å². The lowest BCUT2D eigenvalue weighted by molar-refractivity contribution is -0.147. The Labute approximate surface area is 198 Å². The number of nitrogens with two attached hydrogens (primary N) is 2. The van der Waals surface area contributed by atoms with E-state index >= 15 is 0 Å². The van der Waals surface area contributed by atoms with Crippen LogP contribution in [0.4, 0.5) is 0 Å². The van der Waals surface area contributed by atoms with E-state index in [9.17, 15) is 29.1 Å². The first-order valence-electron chi connectivity index (χ1n) is 10.7. The van der Waals surface area contributed by atoms with Crippen molar-refractivity contribution in [3.05, 3.63) is 0 Å². The molecule has 0 aliphatic carbocycles. The summed E-state index contributed by atoms with van der Waals surface area (Å²) in [7, 11) is 0. The van der Waals surface area contributed by atoms with E-state index in [0.29, 0.717) is 25.1 Å². The second kappa shape index (κ2) is 16.3. The minimum Gasteiger partial charge on any atom is -0.481 e. The predicted octanol–water partition coefficient (Wildman–Crippen LogP) is -1.13. The first-order chi connectivity index (χ1) is 15.4. The molecule has 0 spiro atoms. The van der Waals surface area contributed by atoms with Gasteiger partial charge in [-0.25, -0.2) is 4.79 Å². The van der Waals surface area contributed by atoms with Gasteiger partial charge in [-0.15, -0.1) is 0 Å². The molecule has 0 radical (unpaired) electrons. The molecule has 0 heterocycles. The molecule has 4 unspecified atom stereocenters. The van der Waals surface area contributed by atoms with Crippen molar-refractivity contribution in [3.8, 4) is 0 Å². The third-order valence-corrected chi connectivity index (χ3v) is 5.48. The van der Waals surface area contributed by atoms with E-state index in [-0.39, 0.29) is 18.8 Å². The van der Waals surface area contributed by atoms with E-state index in [0.717, 1.165) is 0 Å². The lowest BCUT2D eigenvalue weighted by Crippen LogP contribution is -2.57. The molecule has 0 saturated carbocycles. The Balaban J connectivity index is 5.48. The molecule has 4 atom stereocenters. The third kappa shape index (κ3) is 12.4. The lowest BCUT2D eigenvalue weighted by Gasteiger charge is -2.25. The molecule has 0 aliphatic rings. The number of carbonyl (C=O) groups excluding carboxylic acids is 3. The van der Waals surface area contributed by atoms with Gasteiger partial charge in [0.2, 0.25) is 17.7 Å². The minimum atomic E-state index is -1.65. The van der Waals surface area contributed by atoms with Crippen LogP contribution >= 0.6 is 11.8 Å². The zero-order chi connectivity index (χ0) is 25.6. The first-order valence-corrected chi connectivity index (χ1v) is 12.1. The number of nitrogens with one attached hydrogen (secondary N) is 3. The Morgan fingerprint density at radius 3 is 1.82 bits per heavy atom. The number of thioether (sulfide) groups is 1. The molecule has 190 valence electrons. The van der Waals surface area contributed by atoms with E-state index in [4.69, 9.17) is 16.6 Å². The SMILES string of the molecule is CSCCC(NC(=O)C(CCCCN)NC(=O)C(N)C(C)C)C(=O)NC(CC(=O)O)C(=O)O. The maximum Gasteiger partial charge on any atom is 0.326 e. The van der Waals surface area contributed by atoms with Crippen molar-refractivity contribution in [2.75, 3.05) is 18.6 Å². The molecule has 33 heavy (non-hydrogen) atoms.